The van der Waals surface area contributed by atoms with Gasteiger partial charge in [0.1, 0.15) is 11.3 Å². The third-order valence-electron chi connectivity index (χ3n) is 4.78. The molecule has 0 unspecified atom stereocenters. The molecule has 0 aliphatic carbocycles. The van der Waals surface area contributed by atoms with Gasteiger partial charge in [-0.25, -0.2) is 0 Å². The van der Waals surface area contributed by atoms with Gasteiger partial charge in [0.15, 0.2) is 11.4 Å². The molecule has 0 fully saturated rings. The minimum Gasteiger partial charge on any atom is -0.478 e. The van der Waals surface area contributed by atoms with Gasteiger partial charge in [-0.15, -0.1) is 0 Å². The zero-order valence-corrected chi connectivity index (χ0v) is 18.3. The molecule has 0 atom stereocenters. The van der Waals surface area contributed by atoms with E-state index in [1.165, 1.54) is 0 Å². The second-order valence-electron chi connectivity index (χ2n) is 7.70. The fourth-order valence-corrected chi connectivity index (χ4v) is 3.17. The SMILES string of the molecule is CC(C)(Oc1ccc(Cl)cc1)C(=O)Nc1ccc(NC(=O)c2cc3ccccc3o2)cc1. The Kier molecular flexibility index (Phi) is 5.88. The third-order valence-corrected chi connectivity index (χ3v) is 5.04. The van der Waals surface area contributed by atoms with E-state index in [1.807, 2.05) is 24.3 Å². The lowest BCUT2D eigenvalue weighted by Crippen LogP contribution is -2.42. The van der Waals surface area contributed by atoms with E-state index in [0.717, 1.165) is 5.39 Å². The lowest BCUT2D eigenvalue weighted by atomic mass is 10.1. The number of halogens is 1. The number of hydrogen-bond acceptors (Lipinski definition) is 4. The fourth-order valence-electron chi connectivity index (χ4n) is 3.05. The number of hydrogen-bond donors (Lipinski definition) is 2. The van der Waals surface area contributed by atoms with E-state index in [-0.39, 0.29) is 17.6 Å². The first kappa shape index (κ1) is 21.5. The summed E-state index contributed by atoms with van der Waals surface area (Å²) in [6.07, 6.45) is 0. The van der Waals surface area contributed by atoms with Gasteiger partial charge in [0, 0.05) is 21.8 Å². The van der Waals surface area contributed by atoms with Gasteiger partial charge in [-0.2, -0.15) is 0 Å². The Morgan fingerprint density at radius 3 is 2.16 bits per heavy atom. The van der Waals surface area contributed by atoms with Crippen LogP contribution in [0.2, 0.25) is 5.02 Å². The van der Waals surface area contributed by atoms with Crippen LogP contribution < -0.4 is 15.4 Å². The van der Waals surface area contributed by atoms with Crippen LogP contribution in [0.4, 0.5) is 11.4 Å². The quantitative estimate of drug-likeness (QED) is 0.371. The number of carbonyl (C=O) groups excluding carboxylic acids is 2. The predicted molar refractivity (Wildman–Crippen MR) is 125 cm³/mol. The number of anilines is 2. The molecule has 6 nitrogen and oxygen atoms in total. The van der Waals surface area contributed by atoms with Crippen molar-refractivity contribution in [1.29, 1.82) is 0 Å². The van der Waals surface area contributed by atoms with Crippen LogP contribution in [-0.4, -0.2) is 17.4 Å². The van der Waals surface area contributed by atoms with Crippen LogP contribution in [0.15, 0.2) is 83.3 Å². The molecule has 0 aliphatic heterocycles. The molecule has 3 aromatic carbocycles. The first-order chi connectivity index (χ1) is 15.3. The number of rotatable bonds is 6. The van der Waals surface area contributed by atoms with Gasteiger partial charge in [-0.3, -0.25) is 9.59 Å². The van der Waals surface area contributed by atoms with Crippen molar-refractivity contribution in [3.63, 3.8) is 0 Å². The Morgan fingerprint density at radius 1 is 0.875 bits per heavy atom. The lowest BCUT2D eigenvalue weighted by Gasteiger charge is -2.25. The molecule has 2 N–H and O–H groups in total. The molecule has 7 heteroatoms. The molecule has 0 bridgehead atoms. The Balaban J connectivity index is 1.37. The largest absolute Gasteiger partial charge is 0.478 e. The van der Waals surface area contributed by atoms with E-state index < -0.39 is 5.60 Å². The van der Waals surface area contributed by atoms with Gasteiger partial charge >= 0.3 is 0 Å². The summed E-state index contributed by atoms with van der Waals surface area (Å²) in [5.74, 6) is 0.102. The Bertz CT molecular complexity index is 1230. The Hall–Kier alpha value is -3.77. The van der Waals surface area contributed by atoms with Gasteiger partial charge in [-0.05, 0) is 74.5 Å². The van der Waals surface area contributed by atoms with Crippen molar-refractivity contribution in [3.8, 4) is 5.75 Å². The van der Waals surface area contributed by atoms with Crippen molar-refractivity contribution < 1.29 is 18.7 Å². The Morgan fingerprint density at radius 2 is 1.50 bits per heavy atom. The number of benzene rings is 3. The molecule has 1 aromatic heterocycles. The summed E-state index contributed by atoms with van der Waals surface area (Å²) in [4.78, 5) is 25.2. The van der Waals surface area contributed by atoms with E-state index in [9.17, 15) is 9.59 Å². The zero-order chi connectivity index (χ0) is 22.7. The summed E-state index contributed by atoms with van der Waals surface area (Å²) < 4.78 is 11.4. The highest BCUT2D eigenvalue weighted by atomic mass is 35.5. The van der Waals surface area contributed by atoms with E-state index >= 15 is 0 Å². The normalized spacial score (nSPS) is 11.2. The van der Waals surface area contributed by atoms with E-state index in [4.69, 9.17) is 20.8 Å². The number of furan rings is 1. The van der Waals surface area contributed by atoms with E-state index in [2.05, 4.69) is 10.6 Å². The average molecular weight is 449 g/mol. The molecular weight excluding hydrogens is 428 g/mol. The molecule has 0 saturated heterocycles. The molecule has 4 aromatic rings. The number of ether oxygens (including phenoxy) is 1. The molecule has 0 saturated carbocycles. The fraction of sp³-hybridized carbons (Fsp3) is 0.120. The molecule has 1 heterocycles. The average Bonchev–Trinajstić information content (AvgIpc) is 3.21. The summed E-state index contributed by atoms with van der Waals surface area (Å²) in [6, 6.07) is 22.7. The summed E-state index contributed by atoms with van der Waals surface area (Å²) in [6.45, 7) is 3.36. The van der Waals surface area contributed by atoms with Crippen LogP contribution in [0.3, 0.4) is 0 Å². The van der Waals surface area contributed by atoms with Crippen molar-refractivity contribution in [3.05, 3.63) is 89.6 Å². The molecule has 162 valence electrons. The molecule has 4 rings (SSSR count). The highest BCUT2D eigenvalue weighted by Gasteiger charge is 2.30. The maximum atomic E-state index is 12.7. The Labute approximate surface area is 190 Å². The molecule has 2 amide bonds. The van der Waals surface area contributed by atoms with Crippen molar-refractivity contribution in [2.24, 2.45) is 0 Å². The molecular formula is C25H21ClN2O4. The van der Waals surface area contributed by atoms with E-state index in [1.54, 1.807) is 68.4 Å². The highest BCUT2D eigenvalue weighted by Crippen LogP contribution is 2.23. The van der Waals surface area contributed by atoms with Crippen LogP contribution in [0.25, 0.3) is 11.0 Å². The third kappa shape index (κ3) is 4.92. The summed E-state index contributed by atoms with van der Waals surface area (Å²) in [7, 11) is 0. The minimum absolute atomic E-state index is 0.227. The van der Waals surface area contributed by atoms with Crippen LogP contribution in [0.1, 0.15) is 24.4 Å². The van der Waals surface area contributed by atoms with E-state index in [0.29, 0.717) is 27.7 Å². The number of carbonyl (C=O) groups is 2. The molecule has 0 aliphatic rings. The predicted octanol–water partition coefficient (Wildman–Crippen LogP) is 6.13. The monoisotopic (exact) mass is 448 g/mol. The zero-order valence-electron chi connectivity index (χ0n) is 17.5. The number of fused-ring (bicyclic) bond motifs is 1. The maximum Gasteiger partial charge on any atom is 0.291 e. The number of nitrogens with one attached hydrogen (secondary N) is 2. The summed E-state index contributed by atoms with van der Waals surface area (Å²) in [5, 5.41) is 7.06. The summed E-state index contributed by atoms with van der Waals surface area (Å²) >= 11 is 5.88. The van der Waals surface area contributed by atoms with Crippen LogP contribution in [0, 0.1) is 0 Å². The van der Waals surface area contributed by atoms with Crippen molar-refractivity contribution in [2.45, 2.75) is 19.4 Å². The lowest BCUT2D eigenvalue weighted by molar-refractivity contribution is -0.128. The summed E-state index contributed by atoms with van der Waals surface area (Å²) in [5.41, 5.74) is 0.691. The first-order valence-corrected chi connectivity index (χ1v) is 10.3. The molecule has 0 spiro atoms. The van der Waals surface area contributed by atoms with Crippen LogP contribution in [0.5, 0.6) is 5.75 Å². The van der Waals surface area contributed by atoms with Crippen molar-refractivity contribution >= 4 is 45.8 Å². The molecule has 0 radical (unpaired) electrons. The maximum absolute atomic E-state index is 12.7. The van der Waals surface area contributed by atoms with Gasteiger partial charge in [0.05, 0.1) is 0 Å². The second-order valence-corrected chi connectivity index (χ2v) is 8.14. The standard InChI is InChI=1S/C25H21ClN2O4/c1-25(2,32-20-13-7-17(26)8-14-20)24(30)28-19-11-9-18(10-12-19)27-23(29)22-15-16-5-3-4-6-21(16)31-22/h3-15H,1-2H3,(H,27,29)(H,28,30). The van der Waals surface area contributed by atoms with Gasteiger partial charge in [0.2, 0.25) is 0 Å². The van der Waals surface area contributed by atoms with Gasteiger partial charge < -0.3 is 19.8 Å². The van der Waals surface area contributed by atoms with Crippen LogP contribution in [-0.2, 0) is 4.79 Å². The highest BCUT2D eigenvalue weighted by molar-refractivity contribution is 6.30. The minimum atomic E-state index is -1.11. The van der Waals surface area contributed by atoms with Gasteiger partial charge in [0.25, 0.3) is 11.8 Å². The topological polar surface area (TPSA) is 80.6 Å². The number of amides is 2. The van der Waals surface area contributed by atoms with Crippen molar-refractivity contribution in [1.82, 2.24) is 0 Å². The second kappa shape index (κ2) is 8.77. The van der Waals surface area contributed by atoms with Crippen LogP contribution >= 0.6 is 11.6 Å². The van der Waals surface area contributed by atoms with Crippen molar-refractivity contribution in [2.75, 3.05) is 10.6 Å². The molecule has 32 heavy (non-hydrogen) atoms. The first-order valence-electron chi connectivity index (χ1n) is 9.96. The number of para-hydroxylation sites is 1. The van der Waals surface area contributed by atoms with Gasteiger partial charge in [-0.1, -0.05) is 29.8 Å². The smallest absolute Gasteiger partial charge is 0.291 e.